The predicted octanol–water partition coefficient (Wildman–Crippen LogP) is 2.25. The van der Waals surface area contributed by atoms with E-state index in [2.05, 4.69) is 0 Å². The Morgan fingerprint density at radius 2 is 1.83 bits per heavy atom. The maximum Gasteiger partial charge on any atom is 0.331 e. The Hall–Kier alpha value is -1.91. The number of carbonyl (C=O) groups is 2. The fourth-order valence-corrected chi connectivity index (χ4v) is 1.98. The van der Waals surface area contributed by atoms with Crippen molar-refractivity contribution in [2.45, 2.75) is 13.8 Å². The minimum absolute atomic E-state index is 0.0917. The van der Waals surface area contributed by atoms with Crippen molar-refractivity contribution in [3.63, 3.8) is 0 Å². The molecule has 3 amide bonds. The first kappa shape index (κ1) is 12.5. The summed E-state index contributed by atoms with van der Waals surface area (Å²) in [5, 5.41) is 0. The molecule has 0 saturated carbocycles. The number of halogens is 1. The lowest BCUT2D eigenvalue weighted by Gasteiger charge is -2.18. The van der Waals surface area contributed by atoms with E-state index in [4.69, 9.17) is 0 Å². The standard InChI is InChI=1S/C13H15FN2O2/c1-9(2)7-15-8-12(17)16(13(15)18)11-5-3-10(14)4-6-11/h3-6,9H,7-8H2,1-2H3. The molecule has 1 aliphatic rings. The van der Waals surface area contributed by atoms with Crippen molar-refractivity contribution in [1.82, 2.24) is 4.90 Å². The lowest BCUT2D eigenvalue weighted by Crippen LogP contribution is -2.34. The van der Waals surface area contributed by atoms with Crippen molar-refractivity contribution in [3.05, 3.63) is 30.1 Å². The molecule has 18 heavy (non-hydrogen) atoms. The largest absolute Gasteiger partial charge is 0.331 e. The summed E-state index contributed by atoms with van der Waals surface area (Å²) in [5.74, 6) is -0.362. The molecule has 4 nitrogen and oxygen atoms in total. The number of amides is 3. The zero-order valence-corrected chi connectivity index (χ0v) is 10.4. The number of rotatable bonds is 3. The molecule has 0 radical (unpaired) electrons. The molecule has 0 N–H and O–H groups in total. The third kappa shape index (κ3) is 2.34. The van der Waals surface area contributed by atoms with Gasteiger partial charge >= 0.3 is 6.03 Å². The van der Waals surface area contributed by atoms with Gasteiger partial charge in [-0.2, -0.15) is 0 Å². The van der Waals surface area contributed by atoms with Gasteiger partial charge in [-0.1, -0.05) is 13.8 Å². The van der Waals surface area contributed by atoms with E-state index in [-0.39, 0.29) is 18.5 Å². The van der Waals surface area contributed by atoms with Gasteiger partial charge in [0.1, 0.15) is 12.4 Å². The van der Waals surface area contributed by atoms with E-state index in [1.807, 2.05) is 13.8 Å². The molecule has 1 fully saturated rings. The van der Waals surface area contributed by atoms with Gasteiger partial charge in [-0.15, -0.1) is 0 Å². The van der Waals surface area contributed by atoms with Crippen LogP contribution >= 0.6 is 0 Å². The Labute approximate surface area is 105 Å². The molecule has 2 rings (SSSR count). The van der Waals surface area contributed by atoms with Crippen LogP contribution in [0.2, 0.25) is 0 Å². The van der Waals surface area contributed by atoms with Crippen LogP contribution in [0.5, 0.6) is 0 Å². The van der Waals surface area contributed by atoms with Gasteiger partial charge in [0.25, 0.3) is 5.91 Å². The van der Waals surface area contributed by atoms with Gasteiger partial charge in [0.05, 0.1) is 5.69 Å². The van der Waals surface area contributed by atoms with E-state index in [1.54, 1.807) is 0 Å². The van der Waals surface area contributed by atoms with Gasteiger partial charge in [0.2, 0.25) is 0 Å². The monoisotopic (exact) mass is 250 g/mol. The Kier molecular flexibility index (Phi) is 3.32. The molecule has 0 aliphatic carbocycles. The van der Waals surface area contributed by atoms with Crippen molar-refractivity contribution in [2.75, 3.05) is 18.0 Å². The fourth-order valence-electron chi connectivity index (χ4n) is 1.98. The van der Waals surface area contributed by atoms with Crippen LogP contribution in [0.15, 0.2) is 24.3 Å². The number of carbonyl (C=O) groups excluding carboxylic acids is 2. The van der Waals surface area contributed by atoms with E-state index < -0.39 is 5.82 Å². The highest BCUT2D eigenvalue weighted by Crippen LogP contribution is 2.22. The maximum absolute atomic E-state index is 12.8. The fraction of sp³-hybridized carbons (Fsp3) is 0.385. The summed E-state index contributed by atoms with van der Waals surface area (Å²) in [4.78, 5) is 26.5. The summed E-state index contributed by atoms with van der Waals surface area (Å²) in [7, 11) is 0. The molecule has 0 bridgehead atoms. The van der Waals surface area contributed by atoms with Crippen molar-refractivity contribution >= 4 is 17.6 Å². The third-order valence-corrected chi connectivity index (χ3v) is 2.71. The van der Waals surface area contributed by atoms with Gasteiger partial charge in [0, 0.05) is 6.54 Å². The van der Waals surface area contributed by atoms with Crippen LogP contribution in [-0.2, 0) is 4.79 Å². The molecule has 0 spiro atoms. The summed E-state index contributed by atoms with van der Waals surface area (Å²) in [6.07, 6.45) is 0. The van der Waals surface area contributed by atoms with E-state index in [0.29, 0.717) is 18.2 Å². The lowest BCUT2D eigenvalue weighted by atomic mass is 10.2. The zero-order valence-electron chi connectivity index (χ0n) is 10.4. The summed E-state index contributed by atoms with van der Waals surface area (Å²) >= 11 is 0. The molecule has 96 valence electrons. The molecular formula is C13H15FN2O2. The van der Waals surface area contributed by atoms with Crippen LogP contribution < -0.4 is 4.90 Å². The quantitative estimate of drug-likeness (QED) is 0.772. The highest BCUT2D eigenvalue weighted by molar-refractivity contribution is 6.19. The lowest BCUT2D eigenvalue weighted by molar-refractivity contribution is -0.116. The topological polar surface area (TPSA) is 40.6 Å². The van der Waals surface area contributed by atoms with E-state index >= 15 is 0 Å². The van der Waals surface area contributed by atoms with Crippen molar-refractivity contribution in [2.24, 2.45) is 5.92 Å². The number of imide groups is 1. The Morgan fingerprint density at radius 1 is 1.22 bits per heavy atom. The molecule has 1 saturated heterocycles. The number of hydrogen-bond donors (Lipinski definition) is 0. The first-order valence-corrected chi connectivity index (χ1v) is 5.86. The summed E-state index contributed by atoms with van der Waals surface area (Å²) in [5.41, 5.74) is 0.414. The highest BCUT2D eigenvalue weighted by atomic mass is 19.1. The minimum Gasteiger partial charge on any atom is -0.314 e. The van der Waals surface area contributed by atoms with E-state index in [1.165, 1.54) is 29.2 Å². The third-order valence-electron chi connectivity index (χ3n) is 2.71. The molecule has 0 aromatic heterocycles. The molecule has 1 aliphatic heterocycles. The number of hydrogen-bond acceptors (Lipinski definition) is 2. The first-order valence-electron chi connectivity index (χ1n) is 5.86. The van der Waals surface area contributed by atoms with Crippen LogP contribution in [0.4, 0.5) is 14.9 Å². The van der Waals surface area contributed by atoms with Crippen LogP contribution in [0, 0.1) is 11.7 Å². The van der Waals surface area contributed by atoms with Crippen molar-refractivity contribution in [3.8, 4) is 0 Å². The zero-order chi connectivity index (χ0) is 13.3. The molecule has 0 unspecified atom stereocenters. The summed E-state index contributed by atoms with van der Waals surface area (Å²) in [6.45, 7) is 4.60. The Bertz CT molecular complexity index is 470. The second-order valence-electron chi connectivity index (χ2n) is 4.76. The smallest absolute Gasteiger partial charge is 0.314 e. The van der Waals surface area contributed by atoms with Crippen molar-refractivity contribution < 1.29 is 14.0 Å². The second kappa shape index (κ2) is 4.76. The van der Waals surface area contributed by atoms with Crippen LogP contribution in [0.3, 0.4) is 0 Å². The van der Waals surface area contributed by atoms with Crippen LogP contribution in [-0.4, -0.2) is 29.9 Å². The van der Waals surface area contributed by atoms with Gasteiger partial charge in [-0.25, -0.2) is 14.1 Å². The Balaban J connectivity index is 2.21. The molecule has 1 heterocycles. The SMILES string of the molecule is CC(C)CN1CC(=O)N(c2ccc(F)cc2)C1=O. The molecule has 0 atom stereocenters. The summed E-state index contributed by atoms with van der Waals surface area (Å²) in [6, 6.07) is 5.01. The average molecular weight is 250 g/mol. The molecule has 1 aromatic rings. The number of anilines is 1. The number of urea groups is 1. The molecule has 5 heteroatoms. The van der Waals surface area contributed by atoms with Gasteiger partial charge < -0.3 is 4.90 Å². The minimum atomic E-state index is -0.392. The van der Waals surface area contributed by atoms with Crippen LogP contribution in [0.25, 0.3) is 0 Å². The van der Waals surface area contributed by atoms with E-state index in [0.717, 1.165) is 4.90 Å². The number of benzene rings is 1. The molecule has 1 aromatic carbocycles. The normalized spacial score (nSPS) is 16.0. The summed E-state index contributed by atoms with van der Waals surface area (Å²) < 4.78 is 12.8. The maximum atomic E-state index is 12.8. The Morgan fingerprint density at radius 3 is 2.39 bits per heavy atom. The van der Waals surface area contributed by atoms with E-state index in [9.17, 15) is 14.0 Å². The van der Waals surface area contributed by atoms with Crippen molar-refractivity contribution in [1.29, 1.82) is 0 Å². The average Bonchev–Trinajstić information content (AvgIpc) is 2.55. The van der Waals surface area contributed by atoms with Gasteiger partial charge in [-0.05, 0) is 30.2 Å². The predicted molar refractivity (Wildman–Crippen MR) is 65.7 cm³/mol. The highest BCUT2D eigenvalue weighted by Gasteiger charge is 2.37. The second-order valence-corrected chi connectivity index (χ2v) is 4.76. The van der Waals surface area contributed by atoms with Gasteiger partial charge in [-0.3, -0.25) is 4.79 Å². The molecular weight excluding hydrogens is 235 g/mol. The van der Waals surface area contributed by atoms with Gasteiger partial charge in [0.15, 0.2) is 0 Å². The number of nitrogens with zero attached hydrogens (tertiary/aromatic N) is 2. The first-order chi connectivity index (χ1) is 8.49. The van der Waals surface area contributed by atoms with Crippen LogP contribution in [0.1, 0.15) is 13.8 Å².